The van der Waals surface area contributed by atoms with Gasteiger partial charge in [-0.25, -0.2) is 0 Å². The molecular weight excluding hydrogens is 326 g/mol. The fraction of sp³-hybridized carbons (Fsp3) is 0.913. The van der Waals surface area contributed by atoms with E-state index in [0.717, 1.165) is 6.54 Å². The Kier molecular flexibility index (Phi) is 22.1. The van der Waals surface area contributed by atoms with Gasteiger partial charge in [-0.3, -0.25) is 0 Å². The highest BCUT2D eigenvalue weighted by Crippen LogP contribution is 2.23. The Balaban J connectivity index is 0. The zero-order valence-electron chi connectivity index (χ0n) is 17.7. The van der Waals surface area contributed by atoms with Gasteiger partial charge in [-0.2, -0.15) is 0 Å². The molecule has 25 heavy (non-hydrogen) atoms. The largest absolute Gasteiger partial charge is 0.308 e. The highest BCUT2D eigenvalue weighted by molar-refractivity contribution is 5.85. The number of nitrogens with one attached hydrogen (secondary N) is 1. The van der Waals surface area contributed by atoms with Crippen molar-refractivity contribution in [1.29, 1.82) is 0 Å². The Morgan fingerprint density at radius 1 is 0.640 bits per heavy atom. The lowest BCUT2D eigenvalue weighted by atomic mass is 9.87. The summed E-state index contributed by atoms with van der Waals surface area (Å²) in [5.74, 6) is 0. The SMILES string of the molecule is C=CC(CCCC)(CCCC)NCCCCCCCCCCCC.Cl. The van der Waals surface area contributed by atoms with Crippen LogP contribution in [0.15, 0.2) is 12.7 Å². The molecule has 0 spiro atoms. The Bertz CT molecular complexity index is 257. The standard InChI is InChI=1S/C23H47N.ClH/c1-5-9-12-13-14-15-16-17-18-19-22-24-23(8-4,20-10-6-2)21-11-7-3;/h8,24H,4-7,9-22H2,1-3H3;1H. The van der Waals surface area contributed by atoms with E-state index in [1.54, 1.807) is 0 Å². The van der Waals surface area contributed by atoms with Crippen LogP contribution in [0.5, 0.6) is 0 Å². The van der Waals surface area contributed by atoms with Gasteiger partial charge in [-0.15, -0.1) is 19.0 Å². The molecule has 0 rings (SSSR count). The molecule has 0 saturated heterocycles. The van der Waals surface area contributed by atoms with Gasteiger partial charge in [0.15, 0.2) is 0 Å². The van der Waals surface area contributed by atoms with Gasteiger partial charge in [-0.05, 0) is 25.8 Å². The minimum Gasteiger partial charge on any atom is -0.308 e. The number of halogens is 1. The Labute approximate surface area is 166 Å². The first-order valence-corrected chi connectivity index (χ1v) is 11.1. The summed E-state index contributed by atoms with van der Waals surface area (Å²) in [5.41, 5.74) is 0.200. The van der Waals surface area contributed by atoms with E-state index >= 15 is 0 Å². The molecule has 0 fully saturated rings. The molecule has 0 bridgehead atoms. The first kappa shape index (κ1) is 27.2. The zero-order valence-corrected chi connectivity index (χ0v) is 18.5. The van der Waals surface area contributed by atoms with Crippen LogP contribution in [0.2, 0.25) is 0 Å². The topological polar surface area (TPSA) is 12.0 Å². The van der Waals surface area contributed by atoms with Gasteiger partial charge < -0.3 is 5.32 Å². The third-order valence-corrected chi connectivity index (χ3v) is 5.35. The lowest BCUT2D eigenvalue weighted by molar-refractivity contribution is 0.329. The lowest BCUT2D eigenvalue weighted by Gasteiger charge is -2.32. The Morgan fingerprint density at radius 2 is 1.04 bits per heavy atom. The van der Waals surface area contributed by atoms with Crippen LogP contribution < -0.4 is 5.32 Å². The van der Waals surface area contributed by atoms with E-state index in [1.165, 1.54) is 103 Å². The summed E-state index contributed by atoms with van der Waals surface area (Å²) in [5, 5.41) is 3.86. The molecule has 1 nitrogen and oxygen atoms in total. The fourth-order valence-corrected chi connectivity index (χ4v) is 3.51. The summed E-state index contributed by atoms with van der Waals surface area (Å²) in [6, 6.07) is 0. The third kappa shape index (κ3) is 15.9. The molecule has 152 valence electrons. The average Bonchev–Trinajstić information content (AvgIpc) is 2.61. The maximum absolute atomic E-state index is 4.15. The summed E-state index contributed by atoms with van der Waals surface area (Å²) in [6.45, 7) is 12.2. The second-order valence-electron chi connectivity index (χ2n) is 7.68. The van der Waals surface area contributed by atoms with Crippen LogP contribution in [0.3, 0.4) is 0 Å². The first-order valence-electron chi connectivity index (χ1n) is 11.1. The Morgan fingerprint density at radius 3 is 1.44 bits per heavy atom. The van der Waals surface area contributed by atoms with Crippen molar-refractivity contribution < 1.29 is 0 Å². The van der Waals surface area contributed by atoms with E-state index in [4.69, 9.17) is 0 Å². The molecule has 0 atom stereocenters. The molecule has 0 aliphatic rings. The van der Waals surface area contributed by atoms with E-state index < -0.39 is 0 Å². The predicted molar refractivity (Wildman–Crippen MR) is 119 cm³/mol. The second kappa shape index (κ2) is 20.3. The first-order chi connectivity index (χ1) is 11.7. The highest BCUT2D eigenvalue weighted by atomic mass is 35.5. The van der Waals surface area contributed by atoms with E-state index in [-0.39, 0.29) is 17.9 Å². The Hall–Kier alpha value is -0.0100. The normalized spacial score (nSPS) is 11.3. The van der Waals surface area contributed by atoms with Crippen LogP contribution in [-0.4, -0.2) is 12.1 Å². The van der Waals surface area contributed by atoms with Crippen molar-refractivity contribution in [2.75, 3.05) is 6.54 Å². The third-order valence-electron chi connectivity index (χ3n) is 5.35. The van der Waals surface area contributed by atoms with Crippen LogP contribution in [0.25, 0.3) is 0 Å². The summed E-state index contributed by atoms with van der Waals surface area (Å²) in [4.78, 5) is 0. The monoisotopic (exact) mass is 373 g/mol. The van der Waals surface area contributed by atoms with Crippen molar-refractivity contribution in [3.05, 3.63) is 12.7 Å². The van der Waals surface area contributed by atoms with Crippen LogP contribution in [0.1, 0.15) is 124 Å². The molecule has 0 unspecified atom stereocenters. The molecule has 0 aromatic rings. The van der Waals surface area contributed by atoms with Gasteiger partial charge in [-0.1, -0.05) is 110 Å². The lowest BCUT2D eigenvalue weighted by Crippen LogP contribution is -2.43. The van der Waals surface area contributed by atoms with E-state index in [1.807, 2.05) is 0 Å². The fourth-order valence-electron chi connectivity index (χ4n) is 3.51. The minimum absolute atomic E-state index is 0. The van der Waals surface area contributed by atoms with Gasteiger partial charge in [0.25, 0.3) is 0 Å². The van der Waals surface area contributed by atoms with Crippen molar-refractivity contribution >= 4 is 12.4 Å². The molecule has 0 aromatic heterocycles. The van der Waals surface area contributed by atoms with Gasteiger partial charge in [0.05, 0.1) is 0 Å². The van der Waals surface area contributed by atoms with Crippen LogP contribution >= 0.6 is 12.4 Å². The average molecular weight is 374 g/mol. The molecule has 0 aromatic carbocycles. The maximum Gasteiger partial charge on any atom is 0.0361 e. The van der Waals surface area contributed by atoms with Crippen molar-refractivity contribution in [1.82, 2.24) is 5.32 Å². The van der Waals surface area contributed by atoms with Crippen molar-refractivity contribution in [3.63, 3.8) is 0 Å². The number of rotatable bonds is 19. The van der Waals surface area contributed by atoms with Crippen molar-refractivity contribution in [2.45, 2.75) is 129 Å². The molecule has 0 aliphatic heterocycles. The van der Waals surface area contributed by atoms with Gasteiger partial charge in [0, 0.05) is 5.54 Å². The minimum atomic E-state index is 0. The number of hydrogen-bond acceptors (Lipinski definition) is 1. The highest BCUT2D eigenvalue weighted by Gasteiger charge is 2.23. The van der Waals surface area contributed by atoms with Crippen LogP contribution in [0, 0.1) is 0 Å². The quantitative estimate of drug-likeness (QED) is 0.177. The van der Waals surface area contributed by atoms with Gasteiger partial charge >= 0.3 is 0 Å². The predicted octanol–water partition coefficient (Wildman–Crippen LogP) is 8.22. The molecule has 2 heteroatoms. The maximum atomic E-state index is 4.15. The molecule has 0 saturated carbocycles. The number of hydrogen-bond donors (Lipinski definition) is 1. The van der Waals surface area contributed by atoms with E-state index in [2.05, 4.69) is 38.7 Å². The molecular formula is C23H48ClN. The van der Waals surface area contributed by atoms with Crippen LogP contribution in [0.4, 0.5) is 0 Å². The zero-order chi connectivity index (χ0) is 17.9. The molecule has 1 N–H and O–H groups in total. The van der Waals surface area contributed by atoms with Gasteiger partial charge in [0.1, 0.15) is 0 Å². The van der Waals surface area contributed by atoms with Crippen molar-refractivity contribution in [2.24, 2.45) is 0 Å². The molecule has 0 radical (unpaired) electrons. The molecule has 0 aliphatic carbocycles. The summed E-state index contributed by atoms with van der Waals surface area (Å²) in [6.07, 6.45) is 24.0. The van der Waals surface area contributed by atoms with Crippen molar-refractivity contribution in [3.8, 4) is 0 Å². The summed E-state index contributed by atoms with van der Waals surface area (Å²) >= 11 is 0. The van der Waals surface area contributed by atoms with E-state index in [0.29, 0.717) is 0 Å². The van der Waals surface area contributed by atoms with Crippen LogP contribution in [-0.2, 0) is 0 Å². The smallest absolute Gasteiger partial charge is 0.0361 e. The summed E-state index contributed by atoms with van der Waals surface area (Å²) in [7, 11) is 0. The molecule has 0 heterocycles. The van der Waals surface area contributed by atoms with E-state index in [9.17, 15) is 0 Å². The van der Waals surface area contributed by atoms with Gasteiger partial charge in [0.2, 0.25) is 0 Å². The molecule has 0 amide bonds. The number of unbranched alkanes of at least 4 members (excludes halogenated alkanes) is 11. The second-order valence-corrected chi connectivity index (χ2v) is 7.68. The summed E-state index contributed by atoms with van der Waals surface area (Å²) < 4.78 is 0.